The number of nitrogens with zero attached hydrogens (tertiary/aromatic N) is 5. The van der Waals surface area contributed by atoms with Gasteiger partial charge in [0, 0.05) is 36.7 Å². The van der Waals surface area contributed by atoms with Crippen molar-refractivity contribution >= 4 is 28.2 Å². The van der Waals surface area contributed by atoms with E-state index in [-0.39, 0.29) is 18.1 Å². The Kier molecular flexibility index (Phi) is 8.44. The highest BCUT2D eigenvalue weighted by molar-refractivity contribution is 5.85. The minimum absolute atomic E-state index is 0.0981. The monoisotopic (exact) mass is 540 g/mol. The van der Waals surface area contributed by atoms with Gasteiger partial charge in [-0.1, -0.05) is 38.0 Å². The zero-order chi connectivity index (χ0) is 27.9. The molecule has 0 fully saturated rings. The topological polar surface area (TPSA) is 125 Å². The van der Waals surface area contributed by atoms with Crippen LogP contribution in [0.5, 0.6) is 5.88 Å². The number of unbranched alkanes of at least 4 members (excludes halogenated alkanes) is 2. The average molecular weight is 541 g/mol. The van der Waals surface area contributed by atoms with E-state index >= 15 is 0 Å². The van der Waals surface area contributed by atoms with E-state index in [4.69, 9.17) is 9.15 Å². The highest BCUT2D eigenvalue weighted by Crippen LogP contribution is 2.33. The van der Waals surface area contributed by atoms with Crippen molar-refractivity contribution in [3.63, 3.8) is 0 Å². The highest BCUT2D eigenvalue weighted by atomic mass is 16.5. The molecule has 0 bridgehead atoms. The number of carbonyl (C=O) groups is 2. The fourth-order valence-corrected chi connectivity index (χ4v) is 4.66. The molecule has 0 saturated heterocycles. The van der Waals surface area contributed by atoms with Crippen LogP contribution in [0.2, 0.25) is 0 Å². The number of ether oxygens (including phenoxy) is 1. The van der Waals surface area contributed by atoms with Crippen molar-refractivity contribution in [2.24, 2.45) is 0 Å². The first-order valence-corrected chi connectivity index (χ1v) is 13.5. The molecule has 10 nitrogen and oxygen atoms in total. The number of rotatable bonds is 13. The van der Waals surface area contributed by atoms with Crippen molar-refractivity contribution in [3.8, 4) is 17.2 Å². The van der Waals surface area contributed by atoms with Gasteiger partial charge in [0.15, 0.2) is 11.4 Å². The molecule has 0 radical (unpaired) electrons. The SMILES string of the molecule is CCC(=O)CCCCCC(NC(=O)Cc1cc2ncccn2n1)c1ncc(-c2cc3ccccc3nc2OC)o1. The van der Waals surface area contributed by atoms with Crippen LogP contribution in [0, 0.1) is 0 Å². The molecule has 1 unspecified atom stereocenters. The van der Waals surface area contributed by atoms with Crippen LogP contribution in [-0.2, 0) is 16.0 Å². The Morgan fingerprint density at radius 2 is 1.98 bits per heavy atom. The largest absolute Gasteiger partial charge is 0.480 e. The first-order valence-electron chi connectivity index (χ1n) is 13.5. The van der Waals surface area contributed by atoms with Crippen molar-refractivity contribution in [1.29, 1.82) is 0 Å². The second-order valence-electron chi connectivity index (χ2n) is 9.65. The zero-order valence-corrected chi connectivity index (χ0v) is 22.7. The molecule has 1 N–H and O–H groups in total. The summed E-state index contributed by atoms with van der Waals surface area (Å²) in [6, 6.07) is 12.9. The van der Waals surface area contributed by atoms with Gasteiger partial charge in [-0.3, -0.25) is 9.59 Å². The summed E-state index contributed by atoms with van der Waals surface area (Å²) in [6.07, 6.45) is 9.45. The van der Waals surface area contributed by atoms with Gasteiger partial charge in [-0.15, -0.1) is 0 Å². The number of carbonyl (C=O) groups excluding carboxylic acids is 2. The van der Waals surface area contributed by atoms with E-state index in [0.717, 1.165) is 30.2 Å². The summed E-state index contributed by atoms with van der Waals surface area (Å²) >= 11 is 0. The standard InChI is InChI=1S/C30H32N6O4/c1-3-22(37)11-5-4-6-13-25(33-28(38)18-21-17-27-31-14-9-15-36(27)35-21)30-32-19-26(40-30)23-16-20-10-7-8-12-24(20)34-29(23)39-2/h7-10,12,14-17,19,25H,3-6,11,13,18H2,1-2H3,(H,33,38). The molecule has 0 aliphatic heterocycles. The molecule has 0 aliphatic rings. The van der Waals surface area contributed by atoms with Gasteiger partial charge in [-0.25, -0.2) is 19.5 Å². The third kappa shape index (κ3) is 6.33. The van der Waals surface area contributed by atoms with Crippen molar-refractivity contribution in [2.45, 2.75) is 57.9 Å². The number of pyridine rings is 1. The minimum Gasteiger partial charge on any atom is -0.480 e. The van der Waals surface area contributed by atoms with Crippen LogP contribution >= 0.6 is 0 Å². The maximum Gasteiger partial charge on any atom is 0.226 e. The molecular formula is C30H32N6O4. The number of amides is 1. The lowest BCUT2D eigenvalue weighted by molar-refractivity contribution is -0.121. The Labute approximate surface area is 231 Å². The molecule has 1 aromatic carbocycles. The normalized spacial score (nSPS) is 12.1. The molecule has 40 heavy (non-hydrogen) atoms. The number of hydrogen-bond acceptors (Lipinski definition) is 8. The van der Waals surface area contributed by atoms with E-state index in [1.807, 2.05) is 37.3 Å². The molecule has 4 aromatic heterocycles. The fraction of sp³-hybridized carbons (Fsp3) is 0.333. The van der Waals surface area contributed by atoms with Crippen LogP contribution in [0.4, 0.5) is 0 Å². The van der Waals surface area contributed by atoms with Crippen LogP contribution in [0.3, 0.4) is 0 Å². The maximum absolute atomic E-state index is 13.1. The number of Topliss-reactive ketones (excluding diaryl/α,β-unsaturated/α-hetero) is 1. The summed E-state index contributed by atoms with van der Waals surface area (Å²) < 4.78 is 13.4. The lowest BCUT2D eigenvalue weighted by Crippen LogP contribution is -2.30. The lowest BCUT2D eigenvalue weighted by atomic mass is 10.0. The Morgan fingerprint density at radius 1 is 1.10 bits per heavy atom. The number of hydrogen-bond donors (Lipinski definition) is 1. The zero-order valence-electron chi connectivity index (χ0n) is 22.7. The molecule has 5 aromatic rings. The molecule has 0 saturated carbocycles. The van der Waals surface area contributed by atoms with Gasteiger partial charge in [-0.2, -0.15) is 5.10 Å². The van der Waals surface area contributed by atoms with Gasteiger partial charge < -0.3 is 14.5 Å². The van der Waals surface area contributed by atoms with Gasteiger partial charge >= 0.3 is 0 Å². The number of nitrogens with one attached hydrogen (secondary N) is 1. The number of para-hydroxylation sites is 1. The number of ketones is 1. The third-order valence-electron chi connectivity index (χ3n) is 6.78. The Morgan fingerprint density at radius 3 is 2.80 bits per heavy atom. The van der Waals surface area contributed by atoms with E-state index in [0.29, 0.717) is 53.7 Å². The Balaban J connectivity index is 1.34. The minimum atomic E-state index is -0.447. The summed E-state index contributed by atoms with van der Waals surface area (Å²) in [5, 5.41) is 8.46. The molecule has 1 amide bonds. The van der Waals surface area contributed by atoms with Gasteiger partial charge in [0.1, 0.15) is 11.8 Å². The summed E-state index contributed by atoms with van der Waals surface area (Å²) in [4.78, 5) is 38.2. The lowest BCUT2D eigenvalue weighted by Gasteiger charge is -2.15. The first kappa shape index (κ1) is 27.0. The molecule has 4 heterocycles. The van der Waals surface area contributed by atoms with Crippen LogP contribution in [0.1, 0.15) is 63.1 Å². The van der Waals surface area contributed by atoms with E-state index < -0.39 is 6.04 Å². The number of oxazole rings is 1. The van der Waals surface area contributed by atoms with E-state index in [9.17, 15) is 9.59 Å². The molecule has 0 spiro atoms. The number of fused-ring (bicyclic) bond motifs is 2. The van der Waals surface area contributed by atoms with Crippen molar-refractivity contribution in [3.05, 3.63) is 72.6 Å². The van der Waals surface area contributed by atoms with Crippen molar-refractivity contribution < 1.29 is 18.7 Å². The third-order valence-corrected chi connectivity index (χ3v) is 6.78. The van der Waals surface area contributed by atoms with Crippen LogP contribution < -0.4 is 10.1 Å². The van der Waals surface area contributed by atoms with E-state index in [1.165, 1.54) is 0 Å². The summed E-state index contributed by atoms with van der Waals surface area (Å²) in [6.45, 7) is 1.88. The van der Waals surface area contributed by atoms with Crippen LogP contribution in [-0.4, -0.2) is 43.4 Å². The summed E-state index contributed by atoms with van der Waals surface area (Å²) in [7, 11) is 1.57. The maximum atomic E-state index is 13.1. The van der Waals surface area contributed by atoms with Crippen LogP contribution in [0.15, 0.2) is 65.5 Å². The van der Waals surface area contributed by atoms with Crippen molar-refractivity contribution in [1.82, 2.24) is 29.9 Å². The quantitative estimate of drug-likeness (QED) is 0.200. The number of benzene rings is 1. The summed E-state index contributed by atoms with van der Waals surface area (Å²) in [5.74, 6) is 1.41. The highest BCUT2D eigenvalue weighted by Gasteiger charge is 2.23. The molecular weight excluding hydrogens is 508 g/mol. The average Bonchev–Trinajstić information content (AvgIpc) is 3.62. The smallest absolute Gasteiger partial charge is 0.226 e. The van der Waals surface area contributed by atoms with Gasteiger partial charge in [0.2, 0.25) is 17.7 Å². The molecule has 0 aliphatic carbocycles. The molecule has 206 valence electrons. The predicted molar refractivity (Wildman–Crippen MR) is 150 cm³/mol. The van der Waals surface area contributed by atoms with Crippen LogP contribution in [0.25, 0.3) is 27.9 Å². The fourth-order valence-electron chi connectivity index (χ4n) is 4.66. The predicted octanol–water partition coefficient (Wildman–Crippen LogP) is 5.27. The number of methoxy groups -OCH3 is 1. The van der Waals surface area contributed by atoms with E-state index in [2.05, 4.69) is 25.4 Å². The summed E-state index contributed by atoms with van der Waals surface area (Å²) in [5.41, 5.74) is 2.80. The Bertz CT molecular complexity index is 1590. The van der Waals surface area contributed by atoms with E-state index in [1.54, 1.807) is 42.3 Å². The van der Waals surface area contributed by atoms with Crippen molar-refractivity contribution in [2.75, 3.05) is 7.11 Å². The molecule has 10 heteroatoms. The van der Waals surface area contributed by atoms with Gasteiger partial charge in [-0.05, 0) is 31.0 Å². The first-order chi connectivity index (χ1) is 19.5. The number of aromatic nitrogens is 5. The van der Waals surface area contributed by atoms with Gasteiger partial charge in [0.05, 0.1) is 36.5 Å². The molecule has 1 atom stereocenters. The van der Waals surface area contributed by atoms with Gasteiger partial charge in [0.25, 0.3) is 0 Å². The second-order valence-corrected chi connectivity index (χ2v) is 9.65. The second kappa shape index (κ2) is 12.5. The molecule has 5 rings (SSSR count). The Hall–Kier alpha value is -4.60.